The zero-order valence-electron chi connectivity index (χ0n) is 17.9. The summed E-state index contributed by atoms with van der Waals surface area (Å²) in [6.07, 6.45) is 1.23. The average Bonchev–Trinajstić information content (AvgIpc) is 3.55. The minimum Gasteiger partial charge on any atom is -0.336 e. The highest BCUT2D eigenvalue weighted by molar-refractivity contribution is 7.13. The smallest absolute Gasteiger partial charge is 0.293 e. The van der Waals surface area contributed by atoms with E-state index in [1.807, 2.05) is 78.2 Å². The van der Waals surface area contributed by atoms with Crippen LogP contribution in [-0.2, 0) is 4.79 Å². The molecule has 1 N–H and O–H groups in total. The molecule has 3 heterocycles. The Kier molecular flexibility index (Phi) is 5.99. The topological polar surface area (TPSA) is 80.1 Å². The molecular weight excluding hydrogens is 434 g/mol. The van der Waals surface area contributed by atoms with Gasteiger partial charge in [-0.1, -0.05) is 42.5 Å². The van der Waals surface area contributed by atoms with Crippen LogP contribution in [0.25, 0.3) is 16.4 Å². The van der Waals surface area contributed by atoms with Crippen molar-refractivity contribution >= 4 is 28.8 Å². The van der Waals surface area contributed by atoms with Gasteiger partial charge in [0.15, 0.2) is 5.82 Å². The number of nitrogens with zero attached hydrogens (tertiary/aromatic N) is 4. The summed E-state index contributed by atoms with van der Waals surface area (Å²) in [4.78, 5) is 33.1. The van der Waals surface area contributed by atoms with E-state index in [0.29, 0.717) is 31.8 Å². The van der Waals surface area contributed by atoms with E-state index in [2.05, 4.69) is 15.4 Å². The van der Waals surface area contributed by atoms with Crippen molar-refractivity contribution in [2.45, 2.75) is 12.8 Å². The molecule has 0 radical (unpaired) electrons. The van der Waals surface area contributed by atoms with Crippen LogP contribution in [0.15, 0.2) is 78.2 Å². The molecule has 8 heteroatoms. The van der Waals surface area contributed by atoms with Crippen molar-refractivity contribution in [1.29, 1.82) is 0 Å². The van der Waals surface area contributed by atoms with Crippen molar-refractivity contribution in [2.24, 2.45) is 5.92 Å². The van der Waals surface area contributed by atoms with Crippen LogP contribution in [0.4, 0.5) is 5.69 Å². The second kappa shape index (κ2) is 9.38. The van der Waals surface area contributed by atoms with E-state index in [-0.39, 0.29) is 23.6 Å². The molecule has 166 valence electrons. The Morgan fingerprint density at radius 2 is 1.61 bits per heavy atom. The SMILES string of the molecule is O=C(Nc1ccccc1)C1CCN(C(=O)c2nc(-c3cccs3)n(-c3ccccc3)n2)CC1. The van der Waals surface area contributed by atoms with Crippen molar-refractivity contribution in [3.63, 3.8) is 0 Å². The standard InChI is InChI=1S/C25H23N5O2S/c31-24(26-19-8-3-1-4-9-19)18-13-15-29(16-14-18)25(32)22-27-23(21-12-7-17-33-21)30(28-22)20-10-5-2-6-11-20/h1-12,17-18H,13-16H2,(H,26,31). The molecule has 5 rings (SSSR count). The highest BCUT2D eigenvalue weighted by atomic mass is 32.1. The number of likely N-dealkylation sites (tertiary alicyclic amines) is 1. The van der Waals surface area contributed by atoms with Gasteiger partial charge in [0.25, 0.3) is 5.91 Å². The minimum atomic E-state index is -0.204. The molecule has 0 unspecified atom stereocenters. The number of thiophene rings is 1. The van der Waals surface area contributed by atoms with Gasteiger partial charge in [0.05, 0.1) is 10.6 Å². The van der Waals surface area contributed by atoms with E-state index < -0.39 is 0 Å². The lowest BCUT2D eigenvalue weighted by Crippen LogP contribution is -2.41. The molecule has 1 aliphatic rings. The van der Waals surface area contributed by atoms with Crippen LogP contribution in [0.3, 0.4) is 0 Å². The van der Waals surface area contributed by atoms with Crippen molar-refractivity contribution < 1.29 is 9.59 Å². The number of aromatic nitrogens is 3. The second-order valence-electron chi connectivity index (χ2n) is 7.91. The fourth-order valence-electron chi connectivity index (χ4n) is 3.97. The molecule has 1 fully saturated rings. The van der Waals surface area contributed by atoms with Gasteiger partial charge in [0.2, 0.25) is 11.7 Å². The van der Waals surface area contributed by atoms with Crippen LogP contribution in [0.2, 0.25) is 0 Å². The summed E-state index contributed by atoms with van der Waals surface area (Å²) in [5, 5.41) is 9.50. The highest BCUT2D eigenvalue weighted by Crippen LogP contribution is 2.27. The Balaban J connectivity index is 1.30. The molecule has 1 aliphatic heterocycles. The molecule has 0 bridgehead atoms. The first-order chi connectivity index (χ1) is 16.2. The second-order valence-corrected chi connectivity index (χ2v) is 8.85. The van der Waals surface area contributed by atoms with Crippen molar-refractivity contribution in [3.05, 3.63) is 84.0 Å². The number of hydrogen-bond donors (Lipinski definition) is 1. The maximum Gasteiger partial charge on any atom is 0.293 e. The monoisotopic (exact) mass is 457 g/mol. The highest BCUT2D eigenvalue weighted by Gasteiger charge is 2.30. The van der Waals surface area contributed by atoms with Gasteiger partial charge in [0, 0.05) is 24.7 Å². The van der Waals surface area contributed by atoms with E-state index in [0.717, 1.165) is 16.3 Å². The number of para-hydroxylation sites is 2. The molecule has 0 saturated carbocycles. The number of benzene rings is 2. The normalized spacial score (nSPS) is 14.2. The zero-order chi connectivity index (χ0) is 22.6. The molecule has 7 nitrogen and oxygen atoms in total. The fraction of sp³-hybridized carbons (Fsp3) is 0.200. The summed E-state index contributed by atoms with van der Waals surface area (Å²) in [6, 6.07) is 23.1. The van der Waals surface area contributed by atoms with Gasteiger partial charge in [0.1, 0.15) is 0 Å². The first kappa shape index (κ1) is 21.1. The number of carbonyl (C=O) groups is 2. The van der Waals surface area contributed by atoms with Gasteiger partial charge in [-0.15, -0.1) is 16.4 Å². The molecule has 2 amide bonds. The molecule has 0 aliphatic carbocycles. The van der Waals surface area contributed by atoms with Crippen molar-refractivity contribution in [1.82, 2.24) is 19.7 Å². The number of carbonyl (C=O) groups excluding carboxylic acids is 2. The number of piperidine rings is 1. The maximum atomic E-state index is 13.2. The van der Waals surface area contributed by atoms with Gasteiger partial charge < -0.3 is 10.2 Å². The van der Waals surface area contributed by atoms with Crippen molar-refractivity contribution in [3.8, 4) is 16.4 Å². The first-order valence-corrected chi connectivity index (χ1v) is 11.8. The molecule has 0 spiro atoms. The summed E-state index contributed by atoms with van der Waals surface area (Å²) in [5.74, 6) is 0.501. The molecule has 4 aromatic rings. The van der Waals surface area contributed by atoms with E-state index in [1.165, 1.54) is 0 Å². The Hall–Kier alpha value is -3.78. The molecule has 1 saturated heterocycles. The van der Waals surface area contributed by atoms with E-state index in [1.54, 1.807) is 20.9 Å². The number of amides is 2. The predicted octanol–water partition coefficient (Wildman–Crippen LogP) is 4.49. The van der Waals surface area contributed by atoms with Crippen LogP contribution >= 0.6 is 11.3 Å². The lowest BCUT2D eigenvalue weighted by atomic mass is 9.95. The summed E-state index contributed by atoms with van der Waals surface area (Å²) in [6.45, 7) is 1.000. The molecular formula is C25H23N5O2S. The Bertz CT molecular complexity index is 1230. The third-order valence-corrected chi connectivity index (χ3v) is 6.60. The largest absolute Gasteiger partial charge is 0.336 e. The van der Waals surface area contributed by atoms with Gasteiger partial charge in [-0.05, 0) is 48.6 Å². The third-order valence-electron chi connectivity index (χ3n) is 5.74. The Labute approximate surface area is 195 Å². The molecule has 2 aromatic carbocycles. The summed E-state index contributed by atoms with van der Waals surface area (Å²) in [5.41, 5.74) is 1.64. The van der Waals surface area contributed by atoms with Crippen molar-refractivity contribution in [2.75, 3.05) is 18.4 Å². The van der Waals surface area contributed by atoms with Crippen LogP contribution in [0, 0.1) is 5.92 Å². The van der Waals surface area contributed by atoms with E-state index in [4.69, 9.17) is 0 Å². The van der Waals surface area contributed by atoms with Gasteiger partial charge in [-0.3, -0.25) is 9.59 Å². The van der Waals surface area contributed by atoms with Crippen LogP contribution < -0.4 is 5.32 Å². The quantitative estimate of drug-likeness (QED) is 0.479. The summed E-state index contributed by atoms with van der Waals surface area (Å²) >= 11 is 1.56. The Morgan fingerprint density at radius 3 is 2.27 bits per heavy atom. The summed E-state index contributed by atoms with van der Waals surface area (Å²) in [7, 11) is 0. The van der Waals surface area contributed by atoms with Crippen LogP contribution in [0.1, 0.15) is 23.5 Å². The summed E-state index contributed by atoms with van der Waals surface area (Å²) < 4.78 is 1.72. The lowest BCUT2D eigenvalue weighted by Gasteiger charge is -2.30. The minimum absolute atomic E-state index is 0.000221. The van der Waals surface area contributed by atoms with E-state index >= 15 is 0 Å². The van der Waals surface area contributed by atoms with Gasteiger partial charge in [-0.2, -0.15) is 0 Å². The molecule has 33 heavy (non-hydrogen) atoms. The fourth-order valence-corrected chi connectivity index (χ4v) is 4.67. The average molecular weight is 458 g/mol. The maximum absolute atomic E-state index is 13.2. The number of hydrogen-bond acceptors (Lipinski definition) is 5. The van der Waals surface area contributed by atoms with Crippen LogP contribution in [-0.4, -0.2) is 44.6 Å². The lowest BCUT2D eigenvalue weighted by molar-refractivity contribution is -0.121. The number of nitrogens with one attached hydrogen (secondary N) is 1. The van der Waals surface area contributed by atoms with Gasteiger partial charge >= 0.3 is 0 Å². The zero-order valence-corrected chi connectivity index (χ0v) is 18.7. The number of rotatable bonds is 5. The third kappa shape index (κ3) is 4.56. The van der Waals surface area contributed by atoms with E-state index in [9.17, 15) is 9.59 Å². The predicted molar refractivity (Wildman–Crippen MR) is 128 cm³/mol. The molecule has 2 aromatic heterocycles. The molecule has 0 atom stereocenters. The number of anilines is 1. The Morgan fingerprint density at radius 1 is 0.909 bits per heavy atom. The van der Waals surface area contributed by atoms with Gasteiger partial charge in [-0.25, -0.2) is 9.67 Å². The first-order valence-electron chi connectivity index (χ1n) is 10.9. The van der Waals surface area contributed by atoms with Crippen LogP contribution in [0.5, 0.6) is 0 Å².